The molecule has 1 amide bonds. The highest BCUT2D eigenvalue weighted by Gasteiger charge is 2.24. The van der Waals surface area contributed by atoms with E-state index < -0.39 is 5.82 Å². The summed E-state index contributed by atoms with van der Waals surface area (Å²) in [5.41, 5.74) is 6.85. The smallest absolute Gasteiger partial charge is 0.254 e. The molecule has 0 radical (unpaired) electrons. The van der Waals surface area contributed by atoms with Crippen LogP contribution in [-0.4, -0.2) is 23.4 Å². The molecule has 0 aliphatic rings. The molecule has 1 rings (SSSR count). The minimum absolute atomic E-state index is 0.136. The third-order valence-electron chi connectivity index (χ3n) is 3.84. The van der Waals surface area contributed by atoms with Crippen LogP contribution >= 0.6 is 0 Å². The van der Waals surface area contributed by atoms with Gasteiger partial charge in [0.1, 0.15) is 5.82 Å². The predicted molar refractivity (Wildman–Crippen MR) is 85.8 cm³/mol. The summed E-state index contributed by atoms with van der Waals surface area (Å²) in [4.78, 5) is 14.6. The summed E-state index contributed by atoms with van der Waals surface area (Å²) in [6, 6.07) is 3.05. The van der Waals surface area contributed by atoms with E-state index in [2.05, 4.69) is 27.7 Å². The normalized spacial score (nSPS) is 11.2. The zero-order chi connectivity index (χ0) is 16.2. The van der Waals surface area contributed by atoms with Crippen LogP contribution < -0.4 is 5.73 Å². The van der Waals surface area contributed by atoms with Crippen molar-refractivity contribution in [1.29, 1.82) is 0 Å². The molecule has 4 heteroatoms. The quantitative estimate of drug-likeness (QED) is 0.806. The van der Waals surface area contributed by atoms with E-state index >= 15 is 0 Å². The molecular weight excluding hydrogens is 267 g/mol. The van der Waals surface area contributed by atoms with Gasteiger partial charge in [-0.2, -0.15) is 0 Å². The second-order valence-electron chi connectivity index (χ2n) is 5.99. The summed E-state index contributed by atoms with van der Waals surface area (Å²) in [7, 11) is 0. The molecule has 21 heavy (non-hydrogen) atoms. The van der Waals surface area contributed by atoms with Crippen molar-refractivity contribution in [3.05, 3.63) is 29.1 Å². The van der Waals surface area contributed by atoms with Gasteiger partial charge in [-0.05, 0) is 37.8 Å². The highest BCUT2D eigenvalue weighted by atomic mass is 19.1. The lowest BCUT2D eigenvalue weighted by atomic mass is 10.0. The molecule has 0 heterocycles. The van der Waals surface area contributed by atoms with Crippen LogP contribution in [0.3, 0.4) is 0 Å². The molecule has 1 aromatic carbocycles. The summed E-state index contributed by atoms with van der Waals surface area (Å²) in [6.07, 6.45) is 1.78. The van der Waals surface area contributed by atoms with Crippen molar-refractivity contribution in [2.24, 2.45) is 5.92 Å². The van der Waals surface area contributed by atoms with Gasteiger partial charge in [0.05, 0.1) is 0 Å². The zero-order valence-corrected chi connectivity index (χ0v) is 13.7. The fraction of sp³-hybridized carbons (Fsp3) is 0.588. The lowest BCUT2D eigenvalue weighted by Gasteiger charge is -2.32. The largest absolute Gasteiger partial charge is 0.398 e. The van der Waals surface area contributed by atoms with Gasteiger partial charge < -0.3 is 10.6 Å². The fourth-order valence-corrected chi connectivity index (χ4v) is 2.51. The zero-order valence-electron chi connectivity index (χ0n) is 13.7. The van der Waals surface area contributed by atoms with Gasteiger partial charge in [0.15, 0.2) is 0 Å². The Balaban J connectivity index is 3.15. The van der Waals surface area contributed by atoms with Crippen LogP contribution in [0.2, 0.25) is 0 Å². The lowest BCUT2D eigenvalue weighted by molar-refractivity contribution is 0.0640. The van der Waals surface area contributed by atoms with E-state index in [0.29, 0.717) is 29.3 Å². The van der Waals surface area contributed by atoms with Crippen molar-refractivity contribution >= 4 is 11.6 Å². The number of carbonyl (C=O) groups excluding carboxylic acids is 1. The van der Waals surface area contributed by atoms with E-state index in [0.717, 1.165) is 12.8 Å². The fourth-order valence-electron chi connectivity index (χ4n) is 2.51. The van der Waals surface area contributed by atoms with E-state index in [1.165, 1.54) is 6.07 Å². The first-order chi connectivity index (χ1) is 9.81. The SMILES string of the molecule is CCC(CC)N(CC(C)C)C(=O)c1cc(N)c(C)c(F)c1. The van der Waals surface area contributed by atoms with E-state index in [-0.39, 0.29) is 11.9 Å². The maximum atomic E-state index is 13.8. The van der Waals surface area contributed by atoms with Crippen molar-refractivity contribution in [3.8, 4) is 0 Å². The van der Waals surface area contributed by atoms with Crippen molar-refractivity contribution < 1.29 is 9.18 Å². The van der Waals surface area contributed by atoms with Crippen LogP contribution in [0.25, 0.3) is 0 Å². The number of nitrogens with zero attached hydrogens (tertiary/aromatic N) is 1. The summed E-state index contributed by atoms with van der Waals surface area (Å²) in [5.74, 6) is -0.197. The van der Waals surface area contributed by atoms with Gasteiger partial charge in [0.2, 0.25) is 0 Å². The van der Waals surface area contributed by atoms with Crippen LogP contribution in [0.5, 0.6) is 0 Å². The number of benzene rings is 1. The van der Waals surface area contributed by atoms with Crippen LogP contribution in [0.1, 0.15) is 56.5 Å². The van der Waals surface area contributed by atoms with Crippen LogP contribution in [-0.2, 0) is 0 Å². The molecule has 3 nitrogen and oxygen atoms in total. The highest BCUT2D eigenvalue weighted by molar-refractivity contribution is 5.95. The first kappa shape index (κ1) is 17.5. The molecule has 0 spiro atoms. The predicted octanol–water partition coefficient (Wildman–Crippen LogP) is 4.00. The van der Waals surface area contributed by atoms with Gasteiger partial charge in [-0.3, -0.25) is 4.79 Å². The molecule has 118 valence electrons. The first-order valence-electron chi connectivity index (χ1n) is 7.68. The average Bonchev–Trinajstić information content (AvgIpc) is 2.43. The van der Waals surface area contributed by atoms with E-state index in [1.807, 2.05) is 4.90 Å². The third-order valence-corrected chi connectivity index (χ3v) is 3.84. The number of halogens is 1. The molecule has 0 aliphatic carbocycles. The second-order valence-corrected chi connectivity index (χ2v) is 5.99. The monoisotopic (exact) mass is 294 g/mol. The summed E-state index contributed by atoms with van der Waals surface area (Å²) < 4.78 is 13.8. The van der Waals surface area contributed by atoms with Gasteiger partial charge in [-0.15, -0.1) is 0 Å². The second kappa shape index (κ2) is 7.43. The first-order valence-corrected chi connectivity index (χ1v) is 7.68. The molecule has 0 saturated heterocycles. The van der Waals surface area contributed by atoms with Gasteiger partial charge in [0.25, 0.3) is 5.91 Å². The molecule has 2 N–H and O–H groups in total. The van der Waals surface area contributed by atoms with Gasteiger partial charge in [-0.25, -0.2) is 4.39 Å². The molecule has 0 atom stereocenters. The third kappa shape index (κ3) is 4.19. The Morgan fingerprint density at radius 1 is 1.29 bits per heavy atom. The van der Waals surface area contributed by atoms with Crippen LogP contribution in [0, 0.1) is 18.7 Å². The molecule has 0 saturated carbocycles. The Kier molecular flexibility index (Phi) is 6.19. The van der Waals surface area contributed by atoms with Gasteiger partial charge >= 0.3 is 0 Å². The summed E-state index contributed by atoms with van der Waals surface area (Å²) >= 11 is 0. The molecule has 0 bridgehead atoms. The van der Waals surface area contributed by atoms with E-state index in [1.54, 1.807) is 13.0 Å². The van der Waals surface area contributed by atoms with Gasteiger partial charge in [-0.1, -0.05) is 27.7 Å². The molecule has 0 fully saturated rings. The Hall–Kier alpha value is -1.58. The maximum absolute atomic E-state index is 13.8. The van der Waals surface area contributed by atoms with Gasteiger partial charge in [0, 0.05) is 29.4 Å². The van der Waals surface area contributed by atoms with Crippen molar-refractivity contribution in [1.82, 2.24) is 4.90 Å². The molecule has 0 aromatic heterocycles. The number of hydrogen-bond donors (Lipinski definition) is 1. The van der Waals surface area contributed by atoms with Crippen LogP contribution in [0.15, 0.2) is 12.1 Å². The highest BCUT2D eigenvalue weighted by Crippen LogP contribution is 2.21. The minimum atomic E-state index is -0.424. The molecule has 1 aromatic rings. The number of nitrogens with two attached hydrogens (primary N) is 1. The number of hydrogen-bond acceptors (Lipinski definition) is 2. The number of nitrogen functional groups attached to an aromatic ring is 1. The number of amides is 1. The Bertz CT molecular complexity index is 473. The number of carbonyl (C=O) groups is 1. The standard InChI is InChI=1S/C17H27FN2O/c1-6-14(7-2)20(10-11(3)4)17(21)13-8-15(18)12(5)16(19)9-13/h8-9,11,14H,6-7,10,19H2,1-5H3. The Morgan fingerprint density at radius 2 is 1.86 bits per heavy atom. The average molecular weight is 294 g/mol. The summed E-state index contributed by atoms with van der Waals surface area (Å²) in [5, 5.41) is 0. The van der Waals surface area contributed by atoms with Crippen molar-refractivity contribution in [2.45, 2.75) is 53.5 Å². The maximum Gasteiger partial charge on any atom is 0.254 e. The van der Waals surface area contributed by atoms with E-state index in [4.69, 9.17) is 5.73 Å². The molecule has 0 aliphatic heterocycles. The van der Waals surface area contributed by atoms with E-state index in [9.17, 15) is 9.18 Å². The van der Waals surface area contributed by atoms with Crippen molar-refractivity contribution in [3.63, 3.8) is 0 Å². The topological polar surface area (TPSA) is 46.3 Å². The molecular formula is C17H27FN2O. The van der Waals surface area contributed by atoms with Crippen LogP contribution in [0.4, 0.5) is 10.1 Å². The molecule has 0 unspecified atom stereocenters. The lowest BCUT2D eigenvalue weighted by Crippen LogP contribution is -2.42. The van der Waals surface area contributed by atoms with Crippen molar-refractivity contribution in [2.75, 3.05) is 12.3 Å². The minimum Gasteiger partial charge on any atom is -0.398 e. The summed E-state index contributed by atoms with van der Waals surface area (Å²) in [6.45, 7) is 10.6. The number of anilines is 1. The Morgan fingerprint density at radius 3 is 2.29 bits per heavy atom. The number of rotatable bonds is 6. The Labute approximate surface area is 127 Å².